The van der Waals surface area contributed by atoms with Gasteiger partial charge in [-0.05, 0) is 73.9 Å². The lowest BCUT2D eigenvalue weighted by molar-refractivity contribution is 0.0493. The molecule has 1 saturated carbocycles. The Morgan fingerprint density at radius 2 is 1.80 bits per heavy atom. The quantitative estimate of drug-likeness (QED) is 0.750. The molecule has 2 fully saturated rings. The van der Waals surface area contributed by atoms with E-state index in [0.717, 1.165) is 24.8 Å². The van der Waals surface area contributed by atoms with Crippen molar-refractivity contribution < 1.29 is 4.74 Å². The molecule has 132 valence electrons. The van der Waals surface area contributed by atoms with Crippen LogP contribution in [0.4, 0.5) is 0 Å². The van der Waals surface area contributed by atoms with Gasteiger partial charge >= 0.3 is 0 Å². The van der Waals surface area contributed by atoms with Gasteiger partial charge in [0.25, 0.3) is 0 Å². The van der Waals surface area contributed by atoms with Gasteiger partial charge in [-0.1, -0.05) is 30.3 Å². The van der Waals surface area contributed by atoms with Crippen LogP contribution in [-0.4, -0.2) is 29.6 Å². The molecular weight excluding hydrogens is 308 g/mol. The highest BCUT2D eigenvalue weighted by Crippen LogP contribution is 2.41. The summed E-state index contributed by atoms with van der Waals surface area (Å²) in [6.45, 7) is 5.15. The molecule has 1 aromatic carbocycles. The Hall–Kier alpha value is -1.71. The Bertz CT molecular complexity index is 643. The van der Waals surface area contributed by atoms with Gasteiger partial charge in [0.05, 0.1) is 12.3 Å². The fourth-order valence-electron chi connectivity index (χ4n) is 4.05. The minimum atomic E-state index is 0.632. The highest BCUT2D eigenvalue weighted by Gasteiger charge is 2.30. The van der Waals surface area contributed by atoms with E-state index in [1.165, 1.54) is 49.9 Å². The summed E-state index contributed by atoms with van der Waals surface area (Å²) < 4.78 is 5.83. The van der Waals surface area contributed by atoms with E-state index < -0.39 is 0 Å². The van der Waals surface area contributed by atoms with E-state index in [1.807, 2.05) is 24.4 Å². The summed E-state index contributed by atoms with van der Waals surface area (Å²) in [6.07, 6.45) is 7.07. The molecule has 1 saturated heterocycles. The summed E-state index contributed by atoms with van der Waals surface area (Å²) in [4.78, 5) is 6.86. The normalized spacial score (nSPS) is 23.5. The summed E-state index contributed by atoms with van der Waals surface area (Å²) in [5.74, 6) is 1.43. The number of hydrogen-bond donors (Lipinski definition) is 0. The molecule has 0 atom stereocenters. The molecule has 1 aliphatic carbocycles. The van der Waals surface area contributed by atoms with E-state index in [4.69, 9.17) is 4.74 Å². The second-order valence-corrected chi connectivity index (χ2v) is 7.60. The number of aromatic nitrogens is 1. The lowest BCUT2D eigenvalue weighted by Gasteiger charge is -2.35. The third-order valence-electron chi connectivity index (χ3n) is 5.62. The van der Waals surface area contributed by atoms with Crippen molar-refractivity contribution >= 4 is 0 Å². The van der Waals surface area contributed by atoms with Gasteiger partial charge in [-0.15, -0.1) is 0 Å². The summed E-state index contributed by atoms with van der Waals surface area (Å²) in [5, 5.41) is 0. The van der Waals surface area contributed by atoms with Crippen LogP contribution >= 0.6 is 0 Å². The van der Waals surface area contributed by atoms with Crippen LogP contribution in [0, 0.1) is 5.92 Å². The molecule has 3 nitrogen and oxygen atoms in total. The van der Waals surface area contributed by atoms with E-state index in [0.29, 0.717) is 12.5 Å². The molecule has 0 amide bonds. The molecule has 0 bridgehead atoms. The zero-order chi connectivity index (χ0) is 16.9. The largest absolute Gasteiger partial charge is 0.375 e. The smallest absolute Gasteiger partial charge is 0.0887 e. The van der Waals surface area contributed by atoms with Crippen LogP contribution in [0.5, 0.6) is 0 Å². The maximum Gasteiger partial charge on any atom is 0.0887 e. The fourth-order valence-corrected chi connectivity index (χ4v) is 4.05. The number of pyridine rings is 1. The highest BCUT2D eigenvalue weighted by molar-refractivity contribution is 5.27. The van der Waals surface area contributed by atoms with Crippen LogP contribution in [0.25, 0.3) is 0 Å². The van der Waals surface area contributed by atoms with Crippen molar-refractivity contribution in [2.24, 2.45) is 5.92 Å². The molecule has 0 radical (unpaired) electrons. The van der Waals surface area contributed by atoms with E-state index in [1.54, 1.807) is 0 Å². The summed E-state index contributed by atoms with van der Waals surface area (Å²) in [7, 11) is 0. The average Bonchev–Trinajstić information content (AvgIpc) is 3.12. The summed E-state index contributed by atoms with van der Waals surface area (Å²) >= 11 is 0. The van der Waals surface area contributed by atoms with E-state index in [9.17, 15) is 0 Å². The van der Waals surface area contributed by atoms with Crippen molar-refractivity contribution in [2.75, 3.05) is 19.7 Å². The van der Waals surface area contributed by atoms with E-state index >= 15 is 0 Å². The minimum absolute atomic E-state index is 0.632. The van der Waals surface area contributed by atoms with Crippen LogP contribution in [0.15, 0.2) is 48.7 Å². The highest BCUT2D eigenvalue weighted by atomic mass is 16.5. The van der Waals surface area contributed by atoms with Crippen molar-refractivity contribution in [3.63, 3.8) is 0 Å². The van der Waals surface area contributed by atoms with Gasteiger partial charge in [-0.25, -0.2) is 0 Å². The summed E-state index contributed by atoms with van der Waals surface area (Å²) in [5.41, 5.74) is 3.98. The molecule has 2 aliphatic rings. The number of ether oxygens (including phenoxy) is 1. The van der Waals surface area contributed by atoms with Crippen molar-refractivity contribution in [1.82, 2.24) is 9.88 Å². The Labute approximate surface area is 151 Å². The van der Waals surface area contributed by atoms with Gasteiger partial charge in [0, 0.05) is 19.3 Å². The predicted octanol–water partition coefficient (Wildman–Crippen LogP) is 4.39. The zero-order valence-corrected chi connectivity index (χ0v) is 14.9. The first-order valence-electron chi connectivity index (χ1n) is 9.65. The second-order valence-electron chi connectivity index (χ2n) is 7.60. The van der Waals surface area contributed by atoms with Crippen molar-refractivity contribution in [3.8, 4) is 0 Å². The predicted molar refractivity (Wildman–Crippen MR) is 100 cm³/mol. The van der Waals surface area contributed by atoms with Crippen molar-refractivity contribution in [2.45, 2.75) is 44.8 Å². The number of likely N-dealkylation sites (tertiary alicyclic amines) is 1. The maximum absolute atomic E-state index is 5.83. The van der Waals surface area contributed by atoms with Gasteiger partial charge in [-0.2, -0.15) is 0 Å². The molecule has 1 aromatic heterocycles. The number of benzene rings is 1. The average molecular weight is 336 g/mol. The molecule has 3 heteroatoms. The standard InChI is InChI=1S/C22H28N2O/c1-2-10-23-22(5-1)17-25-16-19-13-21(14-19)20-8-6-18(7-9-20)15-24-11-3-4-12-24/h1-2,5-10,19,21H,3-4,11-17H2. The maximum atomic E-state index is 5.83. The second kappa shape index (κ2) is 8.11. The number of nitrogens with zero attached hydrogens (tertiary/aromatic N) is 2. The van der Waals surface area contributed by atoms with Gasteiger partial charge in [-0.3, -0.25) is 9.88 Å². The first-order valence-corrected chi connectivity index (χ1v) is 9.65. The van der Waals surface area contributed by atoms with Gasteiger partial charge in [0.2, 0.25) is 0 Å². The lowest BCUT2D eigenvalue weighted by Crippen LogP contribution is -2.26. The molecule has 25 heavy (non-hydrogen) atoms. The SMILES string of the molecule is c1ccc(COCC2CC(c3ccc(CN4CCCC4)cc3)C2)nc1. The first kappa shape index (κ1) is 16.7. The molecule has 0 N–H and O–H groups in total. The van der Waals surface area contributed by atoms with Crippen LogP contribution < -0.4 is 0 Å². The third-order valence-corrected chi connectivity index (χ3v) is 5.62. The molecular formula is C22H28N2O. The lowest BCUT2D eigenvalue weighted by atomic mass is 9.72. The van der Waals surface area contributed by atoms with Crippen LogP contribution in [-0.2, 0) is 17.9 Å². The molecule has 4 rings (SSSR count). The number of hydrogen-bond acceptors (Lipinski definition) is 3. The topological polar surface area (TPSA) is 25.4 Å². The molecule has 0 unspecified atom stereocenters. The van der Waals surface area contributed by atoms with Crippen molar-refractivity contribution in [3.05, 3.63) is 65.5 Å². The Balaban J connectivity index is 1.18. The van der Waals surface area contributed by atoms with Crippen LogP contribution in [0.3, 0.4) is 0 Å². The van der Waals surface area contributed by atoms with Gasteiger partial charge in [0.15, 0.2) is 0 Å². The molecule has 1 aliphatic heterocycles. The van der Waals surface area contributed by atoms with Crippen LogP contribution in [0.2, 0.25) is 0 Å². The van der Waals surface area contributed by atoms with Crippen molar-refractivity contribution in [1.29, 1.82) is 0 Å². The zero-order valence-electron chi connectivity index (χ0n) is 14.9. The van der Waals surface area contributed by atoms with E-state index in [2.05, 4.69) is 34.1 Å². The molecule has 2 heterocycles. The Kier molecular flexibility index (Phi) is 5.43. The van der Waals surface area contributed by atoms with Crippen LogP contribution in [0.1, 0.15) is 48.4 Å². The monoisotopic (exact) mass is 336 g/mol. The molecule has 0 spiro atoms. The fraction of sp³-hybridized carbons (Fsp3) is 0.500. The summed E-state index contributed by atoms with van der Waals surface area (Å²) in [6, 6.07) is 15.3. The number of rotatable bonds is 7. The van der Waals surface area contributed by atoms with Gasteiger partial charge < -0.3 is 4.74 Å². The van der Waals surface area contributed by atoms with Gasteiger partial charge in [0.1, 0.15) is 0 Å². The third kappa shape index (κ3) is 4.47. The minimum Gasteiger partial charge on any atom is -0.375 e. The Morgan fingerprint density at radius 3 is 2.52 bits per heavy atom. The Morgan fingerprint density at radius 1 is 1.00 bits per heavy atom. The molecule has 2 aromatic rings. The van der Waals surface area contributed by atoms with E-state index in [-0.39, 0.29) is 0 Å². The first-order chi connectivity index (χ1) is 12.4.